The first-order valence-electron chi connectivity index (χ1n) is 6.80. The summed E-state index contributed by atoms with van der Waals surface area (Å²) in [5.74, 6) is 0.220. The highest BCUT2D eigenvalue weighted by molar-refractivity contribution is 5.84. The van der Waals surface area contributed by atoms with Crippen molar-refractivity contribution < 1.29 is 4.79 Å². The number of nitrogens with zero attached hydrogens (tertiary/aromatic N) is 2. The van der Waals surface area contributed by atoms with Gasteiger partial charge in [0.25, 0.3) is 0 Å². The number of amides is 1. The number of hydrogen-bond donors (Lipinski definition) is 1. The molecule has 1 aromatic rings. The topological polar surface area (TPSA) is 35.6 Å². The van der Waals surface area contributed by atoms with Crippen LogP contribution in [0.3, 0.4) is 0 Å². The molecule has 1 aromatic carbocycles. The lowest BCUT2D eigenvalue weighted by Gasteiger charge is -2.25. The van der Waals surface area contributed by atoms with Crippen molar-refractivity contribution in [3.8, 4) is 0 Å². The minimum atomic E-state index is -0.0724. The third kappa shape index (κ3) is 3.55. The number of nitrogens with one attached hydrogen (secondary N) is 1. The molecule has 1 saturated heterocycles. The van der Waals surface area contributed by atoms with Crippen LogP contribution in [0, 0.1) is 0 Å². The molecule has 1 fully saturated rings. The van der Waals surface area contributed by atoms with Crippen LogP contribution >= 0.6 is 0 Å². The highest BCUT2D eigenvalue weighted by atomic mass is 16.2. The van der Waals surface area contributed by atoms with Gasteiger partial charge in [0, 0.05) is 12.6 Å². The van der Waals surface area contributed by atoms with E-state index in [0.29, 0.717) is 12.7 Å². The third-order valence-corrected chi connectivity index (χ3v) is 3.79. The van der Waals surface area contributed by atoms with Crippen LogP contribution in [-0.4, -0.2) is 55.1 Å². The second-order valence-corrected chi connectivity index (χ2v) is 5.48. The van der Waals surface area contributed by atoms with Gasteiger partial charge in [0.1, 0.15) is 0 Å². The molecule has 1 amide bonds. The Hall–Kier alpha value is -1.39. The largest absolute Gasteiger partial charge is 0.327 e. The van der Waals surface area contributed by atoms with E-state index in [1.54, 1.807) is 0 Å². The summed E-state index contributed by atoms with van der Waals surface area (Å²) in [6.45, 7) is 3.58. The van der Waals surface area contributed by atoms with Crippen molar-refractivity contribution in [2.24, 2.45) is 0 Å². The summed E-state index contributed by atoms with van der Waals surface area (Å²) in [7, 11) is 4.08. The van der Waals surface area contributed by atoms with Gasteiger partial charge in [-0.1, -0.05) is 30.3 Å². The molecule has 0 radical (unpaired) electrons. The van der Waals surface area contributed by atoms with Gasteiger partial charge >= 0.3 is 0 Å². The molecule has 1 N–H and O–H groups in total. The summed E-state index contributed by atoms with van der Waals surface area (Å²) in [5, 5.41) is 3.31. The number of benzene rings is 1. The summed E-state index contributed by atoms with van der Waals surface area (Å²) in [6.07, 6.45) is 0.770. The van der Waals surface area contributed by atoms with Crippen molar-refractivity contribution >= 4 is 5.91 Å². The van der Waals surface area contributed by atoms with Crippen molar-refractivity contribution in [3.05, 3.63) is 35.9 Å². The summed E-state index contributed by atoms with van der Waals surface area (Å²) >= 11 is 0. The van der Waals surface area contributed by atoms with Crippen LogP contribution in [-0.2, 0) is 11.2 Å². The van der Waals surface area contributed by atoms with Gasteiger partial charge in [0.2, 0.25) is 5.91 Å². The van der Waals surface area contributed by atoms with Crippen LogP contribution < -0.4 is 5.32 Å². The maximum absolute atomic E-state index is 12.3. The van der Waals surface area contributed by atoms with E-state index in [9.17, 15) is 4.79 Å². The Labute approximate surface area is 115 Å². The fraction of sp³-hybridized carbons (Fsp3) is 0.533. The quantitative estimate of drug-likeness (QED) is 0.857. The predicted octanol–water partition coefficient (Wildman–Crippen LogP) is 0.937. The van der Waals surface area contributed by atoms with Gasteiger partial charge in [-0.15, -0.1) is 0 Å². The number of likely N-dealkylation sites (N-methyl/N-ethyl adjacent to an activating group) is 1. The average molecular weight is 261 g/mol. The summed E-state index contributed by atoms with van der Waals surface area (Å²) < 4.78 is 0. The average Bonchev–Trinajstić information content (AvgIpc) is 2.73. The normalized spacial score (nSPS) is 21.2. The van der Waals surface area contributed by atoms with Gasteiger partial charge in [-0.3, -0.25) is 10.1 Å². The van der Waals surface area contributed by atoms with E-state index in [0.717, 1.165) is 13.0 Å². The minimum absolute atomic E-state index is 0.0724. The van der Waals surface area contributed by atoms with E-state index < -0.39 is 0 Å². The Morgan fingerprint density at radius 2 is 2.05 bits per heavy atom. The van der Waals surface area contributed by atoms with Crippen LogP contribution in [0.1, 0.15) is 12.5 Å². The molecule has 2 unspecified atom stereocenters. The molecule has 2 rings (SSSR count). The first-order chi connectivity index (χ1) is 9.08. The zero-order chi connectivity index (χ0) is 13.8. The fourth-order valence-electron chi connectivity index (χ4n) is 2.25. The van der Waals surface area contributed by atoms with Gasteiger partial charge in [-0.25, -0.2) is 0 Å². The molecule has 0 saturated carbocycles. The fourth-order valence-corrected chi connectivity index (χ4v) is 2.25. The van der Waals surface area contributed by atoms with Gasteiger partial charge in [0.05, 0.1) is 12.7 Å². The van der Waals surface area contributed by atoms with E-state index in [1.165, 1.54) is 5.56 Å². The number of hydrogen-bond acceptors (Lipinski definition) is 3. The maximum atomic E-state index is 12.3. The van der Waals surface area contributed by atoms with E-state index in [1.807, 2.05) is 37.2 Å². The van der Waals surface area contributed by atoms with Gasteiger partial charge in [-0.2, -0.15) is 0 Å². The third-order valence-electron chi connectivity index (χ3n) is 3.79. The van der Waals surface area contributed by atoms with Gasteiger partial charge in [0.15, 0.2) is 0 Å². The van der Waals surface area contributed by atoms with E-state index in [2.05, 4.69) is 29.3 Å². The lowest BCUT2D eigenvalue weighted by molar-refractivity contribution is -0.129. The Morgan fingerprint density at radius 1 is 1.37 bits per heavy atom. The van der Waals surface area contributed by atoms with E-state index >= 15 is 0 Å². The molecule has 0 aliphatic carbocycles. The molecule has 4 heteroatoms. The molecule has 2 atom stereocenters. The molecule has 104 valence electrons. The molecule has 1 aliphatic rings. The van der Waals surface area contributed by atoms with Crippen LogP contribution in [0.2, 0.25) is 0 Å². The molecular formula is C15H23N3O. The van der Waals surface area contributed by atoms with Crippen LogP contribution in [0.25, 0.3) is 0 Å². The van der Waals surface area contributed by atoms with Crippen LogP contribution in [0.4, 0.5) is 0 Å². The SMILES string of the molecule is CC(CN1CNC(Cc2ccccc2)C1=O)N(C)C. The van der Waals surface area contributed by atoms with E-state index in [-0.39, 0.29) is 11.9 Å². The number of rotatable bonds is 5. The summed E-state index contributed by atoms with van der Waals surface area (Å²) in [5.41, 5.74) is 1.20. The highest BCUT2D eigenvalue weighted by Gasteiger charge is 2.31. The Bertz CT molecular complexity index is 419. The first kappa shape index (κ1) is 14.0. The summed E-state index contributed by atoms with van der Waals surface area (Å²) in [4.78, 5) is 16.4. The zero-order valence-corrected chi connectivity index (χ0v) is 12.0. The first-order valence-corrected chi connectivity index (χ1v) is 6.80. The lowest BCUT2D eigenvalue weighted by Crippen LogP contribution is -2.40. The van der Waals surface area contributed by atoms with Crippen molar-refractivity contribution in [2.75, 3.05) is 27.3 Å². The molecule has 0 bridgehead atoms. The van der Waals surface area contributed by atoms with E-state index in [4.69, 9.17) is 0 Å². The smallest absolute Gasteiger partial charge is 0.241 e. The Balaban J connectivity index is 1.91. The summed E-state index contributed by atoms with van der Waals surface area (Å²) in [6, 6.07) is 10.5. The number of carbonyl (C=O) groups is 1. The zero-order valence-electron chi connectivity index (χ0n) is 12.0. The molecule has 0 aromatic heterocycles. The predicted molar refractivity (Wildman–Crippen MR) is 76.8 cm³/mol. The van der Waals surface area contributed by atoms with Gasteiger partial charge < -0.3 is 9.80 Å². The van der Waals surface area contributed by atoms with Crippen molar-refractivity contribution in [3.63, 3.8) is 0 Å². The number of carbonyl (C=O) groups excluding carboxylic acids is 1. The molecule has 1 heterocycles. The lowest BCUT2D eigenvalue weighted by atomic mass is 10.1. The minimum Gasteiger partial charge on any atom is -0.327 e. The van der Waals surface area contributed by atoms with Crippen molar-refractivity contribution in [1.29, 1.82) is 0 Å². The molecule has 1 aliphatic heterocycles. The monoisotopic (exact) mass is 261 g/mol. The van der Waals surface area contributed by atoms with Crippen molar-refractivity contribution in [2.45, 2.75) is 25.4 Å². The van der Waals surface area contributed by atoms with Crippen LogP contribution in [0.5, 0.6) is 0 Å². The van der Waals surface area contributed by atoms with Crippen molar-refractivity contribution in [1.82, 2.24) is 15.1 Å². The van der Waals surface area contributed by atoms with Crippen LogP contribution in [0.15, 0.2) is 30.3 Å². The molecule has 4 nitrogen and oxygen atoms in total. The molecular weight excluding hydrogens is 238 g/mol. The second-order valence-electron chi connectivity index (χ2n) is 5.48. The standard InChI is InChI=1S/C15H23N3O/c1-12(17(2)3)10-18-11-16-14(15(18)19)9-13-7-5-4-6-8-13/h4-8,12,14,16H,9-11H2,1-3H3. The Morgan fingerprint density at radius 3 is 2.68 bits per heavy atom. The molecule has 19 heavy (non-hydrogen) atoms. The molecule has 0 spiro atoms. The van der Waals surface area contributed by atoms with Gasteiger partial charge in [-0.05, 0) is 33.0 Å². The highest BCUT2D eigenvalue weighted by Crippen LogP contribution is 2.11. The second kappa shape index (κ2) is 6.17. The Kier molecular flexibility index (Phi) is 4.56. The maximum Gasteiger partial charge on any atom is 0.241 e.